The lowest BCUT2D eigenvalue weighted by atomic mass is 9.66. The average Bonchev–Trinajstić information content (AvgIpc) is 3.33. The van der Waals surface area contributed by atoms with Crippen LogP contribution in [0, 0.1) is 6.92 Å². The quantitative estimate of drug-likeness (QED) is 0.164. The molecule has 1 fully saturated rings. The molecule has 10 rings (SSSR count). The monoisotopic (exact) mass is 751 g/mol. The largest absolute Gasteiger partial charge is 0.334 e. The molecule has 2 unspecified atom stereocenters. The summed E-state index contributed by atoms with van der Waals surface area (Å²) >= 11 is 0. The van der Waals surface area contributed by atoms with E-state index in [-0.39, 0.29) is 11.0 Å². The molecule has 1 saturated carbocycles. The molecule has 1 aliphatic heterocycles. The van der Waals surface area contributed by atoms with Gasteiger partial charge in [0, 0.05) is 16.8 Å². The Hall–Kier alpha value is -5.92. The van der Waals surface area contributed by atoms with E-state index >= 15 is 0 Å². The van der Waals surface area contributed by atoms with Crippen molar-refractivity contribution in [3.63, 3.8) is 0 Å². The summed E-state index contributed by atoms with van der Waals surface area (Å²) in [4.78, 5) is 2.71. The molecule has 8 aromatic carbocycles. The summed E-state index contributed by atoms with van der Waals surface area (Å²) in [7, 11) is 0. The number of para-hydroxylation sites is 1. The first-order valence-corrected chi connectivity index (χ1v) is 21.6. The van der Waals surface area contributed by atoms with Gasteiger partial charge in [0.1, 0.15) is 0 Å². The molecule has 1 heteroatoms. The Balaban J connectivity index is 1.26. The second-order valence-electron chi connectivity index (χ2n) is 17.3. The van der Waals surface area contributed by atoms with Crippen molar-refractivity contribution < 1.29 is 0 Å². The van der Waals surface area contributed by atoms with Gasteiger partial charge in [0.25, 0.3) is 0 Å². The zero-order valence-corrected chi connectivity index (χ0v) is 34.7. The predicted molar refractivity (Wildman–Crippen MR) is 251 cm³/mol. The standard InChI is InChI=1S/C57H53N/c1-6-43(48-28-18-22-39-20-12-14-26-46(39)48)45-31-32-50-52(49-29-19-23-40-21-13-15-27-47(40)49)37-51(44(7-2)55(50)38(45)3)41-30-33-54-53(36-41)56(4)34-16-9-17-35-57(56,5)58(54)42-24-10-8-11-25-42/h6,8,10-15,18-33,36-37H,7,9,16-17,34-35H2,1-5H3/b43-6+. The minimum atomic E-state index is -0.00706. The summed E-state index contributed by atoms with van der Waals surface area (Å²) < 4.78 is 0. The molecule has 2 aliphatic rings. The normalized spacial score (nSPS) is 19.4. The first-order valence-electron chi connectivity index (χ1n) is 21.6. The Morgan fingerprint density at radius 2 is 1.29 bits per heavy atom. The van der Waals surface area contributed by atoms with Gasteiger partial charge in [-0.2, -0.15) is 0 Å². The second kappa shape index (κ2) is 14.2. The van der Waals surface area contributed by atoms with Crippen LogP contribution in [0.1, 0.15) is 87.6 Å². The maximum atomic E-state index is 2.71. The zero-order valence-electron chi connectivity index (χ0n) is 34.7. The molecular formula is C57H53N. The third-order valence-electron chi connectivity index (χ3n) is 14.4. The van der Waals surface area contributed by atoms with Gasteiger partial charge in [-0.05, 0) is 158 Å². The van der Waals surface area contributed by atoms with Gasteiger partial charge in [-0.1, -0.05) is 161 Å². The minimum absolute atomic E-state index is 0.00706. The summed E-state index contributed by atoms with van der Waals surface area (Å²) in [5.41, 5.74) is 16.1. The highest BCUT2D eigenvalue weighted by atomic mass is 15.2. The molecule has 1 aliphatic carbocycles. The van der Waals surface area contributed by atoms with E-state index < -0.39 is 0 Å². The van der Waals surface area contributed by atoms with Gasteiger partial charge in [-0.25, -0.2) is 0 Å². The predicted octanol–water partition coefficient (Wildman–Crippen LogP) is 15.9. The van der Waals surface area contributed by atoms with Gasteiger partial charge >= 0.3 is 0 Å². The van der Waals surface area contributed by atoms with Crippen LogP contribution in [0.25, 0.3) is 60.1 Å². The molecule has 8 aromatic rings. The van der Waals surface area contributed by atoms with Crippen molar-refractivity contribution >= 4 is 49.3 Å². The lowest BCUT2D eigenvalue weighted by Crippen LogP contribution is -2.52. The molecule has 0 N–H and O–H groups in total. The zero-order chi connectivity index (χ0) is 39.6. The number of fused-ring (bicyclic) bond motifs is 6. The molecule has 0 radical (unpaired) electrons. The van der Waals surface area contributed by atoms with Crippen molar-refractivity contribution in [1.29, 1.82) is 0 Å². The van der Waals surface area contributed by atoms with Crippen LogP contribution in [-0.2, 0) is 11.8 Å². The van der Waals surface area contributed by atoms with Crippen LogP contribution in [0.2, 0.25) is 0 Å². The van der Waals surface area contributed by atoms with Crippen LogP contribution in [-0.4, -0.2) is 5.54 Å². The van der Waals surface area contributed by atoms with Gasteiger partial charge < -0.3 is 4.90 Å². The summed E-state index contributed by atoms with van der Waals surface area (Å²) in [5, 5.41) is 7.84. The minimum Gasteiger partial charge on any atom is -0.334 e. The highest BCUT2D eigenvalue weighted by Crippen LogP contribution is 2.60. The molecule has 286 valence electrons. The highest BCUT2D eigenvalue weighted by molar-refractivity contribution is 6.11. The van der Waals surface area contributed by atoms with Gasteiger partial charge in [0.05, 0.1) is 5.54 Å². The fourth-order valence-corrected chi connectivity index (χ4v) is 11.3. The van der Waals surface area contributed by atoms with Crippen LogP contribution in [0.3, 0.4) is 0 Å². The lowest BCUT2D eigenvalue weighted by Gasteiger charge is -2.46. The number of rotatable bonds is 6. The van der Waals surface area contributed by atoms with Crippen LogP contribution in [0.15, 0.2) is 158 Å². The first-order chi connectivity index (χ1) is 28.4. The molecule has 1 nitrogen and oxygen atoms in total. The third-order valence-corrected chi connectivity index (χ3v) is 14.4. The molecule has 0 bridgehead atoms. The maximum Gasteiger partial charge on any atom is 0.0517 e. The van der Waals surface area contributed by atoms with E-state index in [1.807, 2.05) is 0 Å². The first kappa shape index (κ1) is 36.4. The smallest absolute Gasteiger partial charge is 0.0517 e. The number of hydrogen-bond donors (Lipinski definition) is 0. The van der Waals surface area contributed by atoms with E-state index in [0.717, 1.165) is 6.42 Å². The molecule has 0 saturated heterocycles. The fraction of sp³-hybridized carbons (Fsp3) is 0.228. The van der Waals surface area contributed by atoms with Crippen molar-refractivity contribution in [3.05, 3.63) is 186 Å². The van der Waals surface area contributed by atoms with Crippen molar-refractivity contribution in [2.24, 2.45) is 0 Å². The van der Waals surface area contributed by atoms with Gasteiger partial charge in [-0.3, -0.25) is 0 Å². The highest BCUT2D eigenvalue weighted by Gasteiger charge is 2.56. The Morgan fingerprint density at radius 3 is 2.07 bits per heavy atom. The van der Waals surface area contributed by atoms with Crippen molar-refractivity contribution in [3.8, 4) is 22.3 Å². The number of benzene rings is 8. The van der Waals surface area contributed by atoms with E-state index in [1.165, 1.54) is 131 Å². The van der Waals surface area contributed by atoms with Crippen LogP contribution in [0.4, 0.5) is 11.4 Å². The van der Waals surface area contributed by atoms with E-state index in [1.54, 1.807) is 0 Å². The Labute approximate surface area is 344 Å². The number of anilines is 2. The summed E-state index contributed by atoms with van der Waals surface area (Å²) in [6, 6.07) is 57.3. The van der Waals surface area contributed by atoms with Crippen LogP contribution >= 0.6 is 0 Å². The van der Waals surface area contributed by atoms with E-state index in [0.29, 0.717) is 0 Å². The molecule has 0 aromatic heterocycles. The van der Waals surface area contributed by atoms with E-state index in [4.69, 9.17) is 0 Å². The van der Waals surface area contributed by atoms with Gasteiger partial charge in [-0.15, -0.1) is 0 Å². The summed E-state index contributed by atoms with van der Waals surface area (Å²) in [6.45, 7) is 12.1. The Kier molecular flexibility index (Phi) is 8.90. The number of nitrogens with zero attached hydrogens (tertiary/aromatic N) is 1. The fourth-order valence-electron chi connectivity index (χ4n) is 11.3. The van der Waals surface area contributed by atoms with E-state index in [2.05, 4.69) is 197 Å². The third kappa shape index (κ3) is 5.43. The maximum absolute atomic E-state index is 2.71. The molecule has 0 amide bonds. The summed E-state index contributed by atoms with van der Waals surface area (Å²) in [5.74, 6) is 0. The molecular weight excluding hydrogens is 699 g/mol. The molecule has 2 atom stereocenters. The second-order valence-corrected chi connectivity index (χ2v) is 17.3. The molecule has 0 spiro atoms. The van der Waals surface area contributed by atoms with Gasteiger partial charge in [0.15, 0.2) is 0 Å². The Bertz CT molecular complexity index is 2900. The number of allylic oxidation sites excluding steroid dienone is 1. The molecule has 58 heavy (non-hydrogen) atoms. The van der Waals surface area contributed by atoms with Crippen LogP contribution in [0.5, 0.6) is 0 Å². The molecule has 1 heterocycles. The van der Waals surface area contributed by atoms with Crippen LogP contribution < -0.4 is 4.90 Å². The average molecular weight is 752 g/mol. The van der Waals surface area contributed by atoms with E-state index in [9.17, 15) is 0 Å². The summed E-state index contributed by atoms with van der Waals surface area (Å²) in [6.07, 6.45) is 9.49. The number of aryl methyl sites for hydroxylation is 2. The van der Waals surface area contributed by atoms with Gasteiger partial charge in [0.2, 0.25) is 0 Å². The number of hydrogen-bond acceptors (Lipinski definition) is 1. The van der Waals surface area contributed by atoms with Crippen molar-refractivity contribution in [1.82, 2.24) is 0 Å². The Morgan fingerprint density at radius 1 is 0.603 bits per heavy atom. The van der Waals surface area contributed by atoms with Crippen molar-refractivity contribution in [2.75, 3.05) is 4.90 Å². The SMILES string of the molecule is C/C=C(\c1ccc2c(-c3cccc4ccccc34)cc(-c3ccc4c(c3)C3(C)CCCCCC3(C)N4c3ccccc3)c(CC)c2c1C)c1cccc2ccccc12. The lowest BCUT2D eigenvalue weighted by molar-refractivity contribution is 0.261. The van der Waals surface area contributed by atoms with Crippen molar-refractivity contribution in [2.45, 2.75) is 84.1 Å². The topological polar surface area (TPSA) is 3.24 Å².